The molecule has 1 aliphatic heterocycles. The lowest BCUT2D eigenvalue weighted by molar-refractivity contribution is -0.121. The minimum atomic E-state index is -0.117. The topological polar surface area (TPSA) is 80.1 Å². The first-order valence-corrected chi connectivity index (χ1v) is 11.5. The fraction of sp³-hybridized carbons (Fsp3) is 0.333. The molecule has 0 saturated carbocycles. The van der Waals surface area contributed by atoms with Gasteiger partial charge in [-0.25, -0.2) is 9.67 Å². The number of likely N-dealkylation sites (tertiary alicyclic amines) is 1. The molecule has 7 nitrogen and oxygen atoms in total. The molecular weight excluding hydrogens is 470 g/mol. The number of amides is 2. The number of pyridine rings is 1. The van der Waals surface area contributed by atoms with Crippen LogP contribution in [0.25, 0.3) is 5.69 Å². The predicted molar refractivity (Wildman–Crippen MR) is 127 cm³/mol. The molecule has 0 radical (unpaired) electrons. The smallest absolute Gasteiger partial charge is 0.253 e. The lowest BCUT2D eigenvalue weighted by atomic mass is 9.95. The van der Waals surface area contributed by atoms with Gasteiger partial charge in [0.25, 0.3) is 5.91 Å². The number of benzene rings is 1. The molecule has 2 amide bonds. The molecule has 1 fully saturated rings. The zero-order chi connectivity index (χ0) is 22.8. The molecule has 0 spiro atoms. The molecule has 1 N–H and O–H groups in total. The number of nitrogens with zero attached hydrogens (tertiary/aromatic N) is 4. The van der Waals surface area contributed by atoms with Crippen molar-refractivity contribution in [3.05, 3.63) is 69.6 Å². The van der Waals surface area contributed by atoms with E-state index in [9.17, 15) is 9.59 Å². The van der Waals surface area contributed by atoms with Gasteiger partial charge in [-0.3, -0.25) is 9.59 Å². The summed E-state index contributed by atoms with van der Waals surface area (Å²) in [6, 6.07) is 11.2. The zero-order valence-electron chi connectivity index (χ0n) is 18.4. The van der Waals surface area contributed by atoms with Crippen molar-refractivity contribution in [2.24, 2.45) is 5.92 Å². The van der Waals surface area contributed by atoms with E-state index in [1.165, 1.54) is 0 Å². The molecule has 0 bridgehead atoms. The second-order valence-corrected chi connectivity index (χ2v) is 9.01. The Kier molecular flexibility index (Phi) is 6.41. The molecule has 8 heteroatoms. The van der Waals surface area contributed by atoms with Gasteiger partial charge in [0.2, 0.25) is 5.91 Å². The Labute approximate surface area is 196 Å². The summed E-state index contributed by atoms with van der Waals surface area (Å²) in [6.45, 7) is 7.02. The van der Waals surface area contributed by atoms with Gasteiger partial charge in [0.05, 0.1) is 21.5 Å². The molecule has 1 aromatic carbocycles. The molecule has 3 heterocycles. The van der Waals surface area contributed by atoms with Gasteiger partial charge < -0.3 is 10.2 Å². The van der Waals surface area contributed by atoms with Crippen LogP contribution in [0.15, 0.2) is 47.1 Å². The molecule has 166 valence electrons. The van der Waals surface area contributed by atoms with Crippen LogP contribution in [0.5, 0.6) is 0 Å². The minimum absolute atomic E-state index is 0.00911. The largest absolute Gasteiger partial charge is 0.339 e. The fourth-order valence-corrected chi connectivity index (χ4v) is 4.16. The van der Waals surface area contributed by atoms with Crippen LogP contribution in [0, 0.1) is 26.7 Å². The van der Waals surface area contributed by atoms with Crippen LogP contribution in [0.3, 0.4) is 0 Å². The molecule has 0 atom stereocenters. The lowest BCUT2D eigenvalue weighted by Gasteiger charge is -2.31. The van der Waals surface area contributed by atoms with Crippen molar-refractivity contribution >= 4 is 33.6 Å². The fourth-order valence-electron chi connectivity index (χ4n) is 3.92. The molecule has 4 rings (SSSR count). The van der Waals surface area contributed by atoms with E-state index in [2.05, 4.69) is 31.3 Å². The monoisotopic (exact) mass is 495 g/mol. The maximum Gasteiger partial charge on any atom is 0.253 e. The number of rotatable bonds is 4. The van der Waals surface area contributed by atoms with E-state index in [1.807, 2.05) is 60.7 Å². The SMILES string of the molecule is Cc1ccc(NC(=O)C2CCN(C(=O)c3ccc(-n4nc(C)c(Br)c4C)cc3)CC2)nc1. The molecule has 0 unspecified atom stereocenters. The van der Waals surface area contributed by atoms with E-state index in [4.69, 9.17) is 0 Å². The van der Waals surface area contributed by atoms with Crippen LogP contribution < -0.4 is 5.32 Å². The van der Waals surface area contributed by atoms with Crippen molar-refractivity contribution in [2.75, 3.05) is 18.4 Å². The third-order valence-corrected chi connectivity index (χ3v) is 7.03. The number of carbonyl (C=O) groups excluding carboxylic acids is 2. The molecule has 0 aliphatic carbocycles. The number of hydrogen-bond acceptors (Lipinski definition) is 4. The average Bonchev–Trinajstić information content (AvgIpc) is 3.07. The Morgan fingerprint density at radius 1 is 1.03 bits per heavy atom. The van der Waals surface area contributed by atoms with E-state index < -0.39 is 0 Å². The predicted octanol–water partition coefficient (Wildman–Crippen LogP) is 4.45. The second kappa shape index (κ2) is 9.24. The molecular formula is C24H26BrN5O2. The summed E-state index contributed by atoms with van der Waals surface area (Å²) in [5.74, 6) is 0.404. The van der Waals surface area contributed by atoms with E-state index in [1.54, 1.807) is 12.3 Å². The Morgan fingerprint density at radius 2 is 1.72 bits per heavy atom. The number of nitrogens with one attached hydrogen (secondary N) is 1. The number of carbonyl (C=O) groups is 2. The third kappa shape index (κ3) is 4.60. The Morgan fingerprint density at radius 3 is 2.28 bits per heavy atom. The van der Waals surface area contributed by atoms with Crippen molar-refractivity contribution in [1.82, 2.24) is 19.7 Å². The Bertz CT molecular complexity index is 1130. The maximum atomic E-state index is 13.0. The summed E-state index contributed by atoms with van der Waals surface area (Å²) in [7, 11) is 0. The summed E-state index contributed by atoms with van der Waals surface area (Å²) in [5, 5.41) is 7.42. The van der Waals surface area contributed by atoms with Gasteiger partial charge in [-0.2, -0.15) is 5.10 Å². The minimum Gasteiger partial charge on any atom is -0.339 e. The summed E-state index contributed by atoms with van der Waals surface area (Å²) in [5.41, 5.74) is 4.54. The van der Waals surface area contributed by atoms with Crippen molar-refractivity contribution in [3.63, 3.8) is 0 Å². The van der Waals surface area contributed by atoms with Crippen LogP contribution in [0.4, 0.5) is 5.82 Å². The van der Waals surface area contributed by atoms with E-state index in [0.717, 1.165) is 27.1 Å². The molecule has 2 aromatic heterocycles. The lowest BCUT2D eigenvalue weighted by Crippen LogP contribution is -2.41. The number of hydrogen-bond donors (Lipinski definition) is 1. The van der Waals surface area contributed by atoms with Crippen LogP contribution in [-0.2, 0) is 4.79 Å². The summed E-state index contributed by atoms with van der Waals surface area (Å²) >= 11 is 3.55. The van der Waals surface area contributed by atoms with Gasteiger partial charge in [-0.1, -0.05) is 6.07 Å². The van der Waals surface area contributed by atoms with Gasteiger partial charge in [0, 0.05) is 30.8 Å². The molecule has 1 aliphatic rings. The van der Waals surface area contributed by atoms with Crippen LogP contribution in [0.2, 0.25) is 0 Å². The van der Waals surface area contributed by atoms with Crippen LogP contribution in [0.1, 0.15) is 40.2 Å². The first-order chi connectivity index (χ1) is 15.3. The van der Waals surface area contributed by atoms with E-state index in [-0.39, 0.29) is 17.7 Å². The van der Waals surface area contributed by atoms with E-state index >= 15 is 0 Å². The highest BCUT2D eigenvalue weighted by Gasteiger charge is 2.28. The number of aromatic nitrogens is 3. The number of piperidine rings is 1. The summed E-state index contributed by atoms with van der Waals surface area (Å²) < 4.78 is 2.85. The highest BCUT2D eigenvalue weighted by atomic mass is 79.9. The second-order valence-electron chi connectivity index (χ2n) is 8.22. The van der Waals surface area contributed by atoms with E-state index in [0.29, 0.717) is 37.3 Å². The van der Waals surface area contributed by atoms with Crippen molar-refractivity contribution in [1.29, 1.82) is 0 Å². The molecule has 32 heavy (non-hydrogen) atoms. The van der Waals surface area contributed by atoms with Crippen molar-refractivity contribution in [3.8, 4) is 5.69 Å². The summed E-state index contributed by atoms with van der Waals surface area (Å²) in [4.78, 5) is 31.6. The highest BCUT2D eigenvalue weighted by Crippen LogP contribution is 2.24. The van der Waals surface area contributed by atoms with Gasteiger partial charge in [0.1, 0.15) is 5.82 Å². The van der Waals surface area contributed by atoms with Gasteiger partial charge >= 0.3 is 0 Å². The Hall–Kier alpha value is -3.00. The van der Waals surface area contributed by atoms with Crippen molar-refractivity contribution < 1.29 is 9.59 Å². The number of halogens is 1. The van der Waals surface area contributed by atoms with Gasteiger partial charge in [-0.05, 0) is 85.4 Å². The van der Waals surface area contributed by atoms with Gasteiger partial charge in [-0.15, -0.1) is 0 Å². The zero-order valence-corrected chi connectivity index (χ0v) is 20.0. The number of aryl methyl sites for hydroxylation is 2. The van der Waals surface area contributed by atoms with Crippen LogP contribution in [-0.4, -0.2) is 44.6 Å². The first-order valence-electron chi connectivity index (χ1n) is 10.7. The quantitative estimate of drug-likeness (QED) is 0.579. The van der Waals surface area contributed by atoms with Gasteiger partial charge in [0.15, 0.2) is 0 Å². The average molecular weight is 496 g/mol. The number of anilines is 1. The molecule has 1 saturated heterocycles. The normalized spacial score (nSPS) is 14.4. The van der Waals surface area contributed by atoms with Crippen LogP contribution >= 0.6 is 15.9 Å². The standard InChI is InChI=1S/C24H26BrN5O2/c1-15-4-9-21(26-14-15)27-23(31)18-10-12-29(13-11-18)24(32)19-5-7-20(8-6-19)30-17(3)22(25)16(2)28-30/h4-9,14,18H,10-13H2,1-3H3,(H,26,27,31). The summed E-state index contributed by atoms with van der Waals surface area (Å²) in [6.07, 6.45) is 3.01. The van der Waals surface area contributed by atoms with Crippen molar-refractivity contribution in [2.45, 2.75) is 33.6 Å². The highest BCUT2D eigenvalue weighted by molar-refractivity contribution is 9.10. The molecule has 3 aromatic rings. The third-order valence-electron chi connectivity index (χ3n) is 5.88. The Balaban J connectivity index is 1.35. The first kappa shape index (κ1) is 22.2. The maximum absolute atomic E-state index is 13.0.